The van der Waals surface area contributed by atoms with Crippen LogP contribution in [0.25, 0.3) is 76.2 Å². The Bertz CT molecular complexity index is 3930. The minimum absolute atomic E-state index is 0.966. The highest BCUT2D eigenvalue weighted by Gasteiger charge is 2.15. The molecule has 356 valence electrons. The van der Waals surface area contributed by atoms with Crippen LogP contribution in [-0.4, -0.2) is 0 Å². The van der Waals surface area contributed by atoms with Crippen molar-refractivity contribution in [2.45, 2.75) is 57.8 Å². The number of hydrogen-bond donors (Lipinski definition) is 0. The van der Waals surface area contributed by atoms with E-state index >= 15 is 0 Å². The van der Waals surface area contributed by atoms with Crippen LogP contribution in [0.3, 0.4) is 0 Å². The minimum atomic E-state index is 0.966. The molecule has 1 aliphatic rings. The molecule has 0 aliphatic carbocycles. The Morgan fingerprint density at radius 3 is 1.40 bits per heavy atom. The van der Waals surface area contributed by atoms with Crippen LogP contribution in [0.2, 0.25) is 0 Å². The quantitative estimate of drug-likeness (QED) is 0.120. The second kappa shape index (κ2) is 22.1. The summed E-state index contributed by atoms with van der Waals surface area (Å²) in [4.78, 5) is 2.83. The third-order valence-electron chi connectivity index (χ3n) is 13.7. The molecule has 2 heterocycles. The lowest BCUT2D eigenvalue weighted by molar-refractivity contribution is 0.668. The third-order valence-corrected chi connectivity index (χ3v) is 14.9. The number of fused-ring (bicyclic) bond motifs is 10. The summed E-state index contributed by atoms with van der Waals surface area (Å²) in [6.07, 6.45) is 1.08. The summed E-state index contributed by atoms with van der Waals surface area (Å²) < 4.78 is 5.73. The Morgan fingerprint density at radius 2 is 0.726 bits per heavy atom. The van der Waals surface area contributed by atoms with Crippen LogP contribution in [0.15, 0.2) is 257 Å². The van der Waals surface area contributed by atoms with Crippen LogP contribution in [-0.2, 0) is 6.42 Å². The van der Waals surface area contributed by atoms with Crippen LogP contribution >= 0.6 is 11.8 Å². The van der Waals surface area contributed by atoms with Crippen molar-refractivity contribution in [3.8, 4) is 11.1 Å². The third kappa shape index (κ3) is 11.3. The molecule has 0 radical (unpaired) electrons. The molecule has 0 unspecified atom stereocenters. The molecule has 0 saturated heterocycles. The average Bonchev–Trinajstić information content (AvgIpc) is 3.79. The van der Waals surface area contributed by atoms with Crippen molar-refractivity contribution in [3.05, 3.63) is 287 Å². The molecule has 0 amide bonds. The maximum atomic E-state index is 5.73. The molecule has 2 heteroatoms. The Kier molecular flexibility index (Phi) is 14.7. The summed E-state index contributed by atoms with van der Waals surface area (Å²) in [6.45, 7) is 12.8. The Morgan fingerprint density at radius 1 is 0.288 bits per heavy atom. The molecule has 0 atom stereocenters. The summed E-state index contributed by atoms with van der Waals surface area (Å²) >= 11 is 1.89. The molecule has 1 aromatic heterocycles. The predicted molar refractivity (Wildman–Crippen MR) is 317 cm³/mol. The standard InChI is InChI=1S/2C15H12.C14H12S.C14H14.C13H10O/c1-11-14-8-4-2-6-12(14)10-13-7-3-5-9-15(11)13;1-11-6-9-15-13(10-11)8-7-12-4-2-3-5-14(12)15;1-10-6-7-14-12(8-10)9-11-4-2-3-5-13(11)15-14;1-11-3-7-13(8-4-11)14-9-5-12(2)6-10-14;1-9-6-7-11-10-4-2-3-5-12(10)14-13(11)8-9/h2*2-10H,1H3;2-8H,9H2,1H3;3-10H,1-2H3;2-8H,1H3. The molecule has 0 spiro atoms. The SMILES string of the molecule is Cc1c2ccccc2cc2ccccc12.Cc1ccc(-c2ccc(C)cc2)cc1.Cc1ccc2c(c1)Cc1ccccc1S2.Cc1ccc2c(c1)oc1ccccc12.Cc1ccc2c(ccc3ccccc32)c1. The van der Waals surface area contributed by atoms with E-state index in [-0.39, 0.29) is 0 Å². The topological polar surface area (TPSA) is 13.1 Å². The van der Waals surface area contributed by atoms with Crippen molar-refractivity contribution in [1.29, 1.82) is 0 Å². The van der Waals surface area contributed by atoms with Gasteiger partial charge in [-0.25, -0.2) is 0 Å². The van der Waals surface area contributed by atoms with Gasteiger partial charge in [-0.2, -0.15) is 0 Å². The second-order valence-electron chi connectivity index (χ2n) is 19.3. The highest BCUT2D eigenvalue weighted by Crippen LogP contribution is 2.39. The van der Waals surface area contributed by atoms with Gasteiger partial charge in [-0.05, 0) is 155 Å². The van der Waals surface area contributed by atoms with Gasteiger partial charge < -0.3 is 4.42 Å². The van der Waals surface area contributed by atoms with E-state index in [1.807, 2.05) is 30.0 Å². The monoisotopic (exact) mass is 960 g/mol. The summed E-state index contributed by atoms with van der Waals surface area (Å²) in [7, 11) is 0. The Labute approximate surface area is 434 Å². The molecule has 0 bridgehead atoms. The minimum Gasteiger partial charge on any atom is -0.456 e. The van der Waals surface area contributed by atoms with E-state index in [1.165, 1.54) is 119 Å². The van der Waals surface area contributed by atoms with E-state index in [0.717, 1.165) is 17.6 Å². The maximum absolute atomic E-state index is 5.73. The fraction of sp³-hybridized carbons (Fsp3) is 0.0986. The van der Waals surface area contributed by atoms with Gasteiger partial charge in [-0.3, -0.25) is 0 Å². The largest absolute Gasteiger partial charge is 0.456 e. The second-order valence-corrected chi connectivity index (χ2v) is 20.4. The Hall–Kier alpha value is -8.17. The Balaban J connectivity index is 0.000000105. The molecule has 13 aromatic rings. The molecule has 1 aliphatic heterocycles. The van der Waals surface area contributed by atoms with Gasteiger partial charge in [-0.1, -0.05) is 246 Å². The smallest absolute Gasteiger partial charge is 0.135 e. The van der Waals surface area contributed by atoms with Gasteiger partial charge in [0.25, 0.3) is 0 Å². The van der Waals surface area contributed by atoms with Crippen LogP contribution < -0.4 is 0 Å². The number of rotatable bonds is 1. The number of aryl methyl sites for hydroxylation is 6. The summed E-state index contributed by atoms with van der Waals surface area (Å²) in [6, 6.07) is 86.1. The molecule has 73 heavy (non-hydrogen) atoms. The van der Waals surface area contributed by atoms with Crippen LogP contribution in [0, 0.1) is 41.5 Å². The van der Waals surface area contributed by atoms with Crippen molar-refractivity contribution in [1.82, 2.24) is 0 Å². The number of hydrogen-bond acceptors (Lipinski definition) is 2. The van der Waals surface area contributed by atoms with Crippen LogP contribution in [0.1, 0.15) is 44.5 Å². The molecule has 0 N–H and O–H groups in total. The molecule has 1 nitrogen and oxygen atoms in total. The highest BCUT2D eigenvalue weighted by atomic mass is 32.2. The number of furan rings is 1. The lowest BCUT2D eigenvalue weighted by Gasteiger charge is -2.18. The van der Waals surface area contributed by atoms with Gasteiger partial charge >= 0.3 is 0 Å². The lowest BCUT2D eigenvalue weighted by atomic mass is 9.98. The zero-order chi connectivity index (χ0) is 50.3. The van der Waals surface area contributed by atoms with Gasteiger partial charge in [0.15, 0.2) is 0 Å². The van der Waals surface area contributed by atoms with Crippen molar-refractivity contribution >= 4 is 76.8 Å². The van der Waals surface area contributed by atoms with E-state index in [1.54, 1.807) is 0 Å². The first-order valence-electron chi connectivity index (χ1n) is 25.3. The highest BCUT2D eigenvalue weighted by molar-refractivity contribution is 7.99. The van der Waals surface area contributed by atoms with Gasteiger partial charge in [0, 0.05) is 20.6 Å². The molecule has 12 aromatic carbocycles. The van der Waals surface area contributed by atoms with E-state index in [0.29, 0.717) is 0 Å². The van der Waals surface area contributed by atoms with Crippen molar-refractivity contribution in [2.75, 3.05) is 0 Å². The van der Waals surface area contributed by atoms with E-state index in [9.17, 15) is 0 Å². The average molecular weight is 961 g/mol. The molecule has 0 saturated carbocycles. The fourth-order valence-corrected chi connectivity index (χ4v) is 10.8. The molecule has 0 fully saturated rings. The lowest BCUT2D eigenvalue weighted by Crippen LogP contribution is -1.99. The first-order valence-corrected chi connectivity index (χ1v) is 26.1. The summed E-state index contributed by atoms with van der Waals surface area (Å²) in [5, 5.41) is 13.1. The van der Waals surface area contributed by atoms with Gasteiger partial charge in [0.2, 0.25) is 0 Å². The van der Waals surface area contributed by atoms with Crippen LogP contribution in [0.5, 0.6) is 0 Å². The summed E-state index contributed by atoms with van der Waals surface area (Å²) in [5.41, 5.74) is 15.3. The van der Waals surface area contributed by atoms with Crippen LogP contribution in [0.4, 0.5) is 0 Å². The van der Waals surface area contributed by atoms with E-state index in [4.69, 9.17) is 4.42 Å². The normalized spacial score (nSPS) is 11.3. The number of benzene rings is 12. The fourth-order valence-electron chi connectivity index (χ4n) is 9.72. The zero-order valence-electron chi connectivity index (χ0n) is 42.6. The van der Waals surface area contributed by atoms with Gasteiger partial charge in [-0.15, -0.1) is 0 Å². The van der Waals surface area contributed by atoms with Gasteiger partial charge in [0.1, 0.15) is 11.2 Å². The predicted octanol–water partition coefficient (Wildman–Crippen LogP) is 20.5. The van der Waals surface area contributed by atoms with Crippen molar-refractivity contribution < 1.29 is 4.42 Å². The first-order chi connectivity index (χ1) is 35.6. The number of para-hydroxylation sites is 1. The maximum Gasteiger partial charge on any atom is 0.135 e. The van der Waals surface area contributed by atoms with E-state index in [2.05, 4.69) is 266 Å². The van der Waals surface area contributed by atoms with E-state index < -0.39 is 0 Å². The van der Waals surface area contributed by atoms with Gasteiger partial charge in [0.05, 0.1) is 0 Å². The zero-order valence-corrected chi connectivity index (χ0v) is 43.4. The van der Waals surface area contributed by atoms with Crippen molar-refractivity contribution in [3.63, 3.8) is 0 Å². The summed E-state index contributed by atoms with van der Waals surface area (Å²) in [5.74, 6) is 0. The van der Waals surface area contributed by atoms with Crippen molar-refractivity contribution in [2.24, 2.45) is 0 Å². The first kappa shape index (κ1) is 48.5. The molecular formula is C71H60OS. The molecule has 14 rings (SSSR count). The molecular weight excluding hydrogens is 901 g/mol.